The van der Waals surface area contributed by atoms with Crippen LogP contribution in [0.2, 0.25) is 0 Å². The van der Waals surface area contributed by atoms with E-state index in [0.29, 0.717) is 11.7 Å². The van der Waals surface area contributed by atoms with E-state index in [9.17, 15) is 4.79 Å². The number of carbonyl (C=O) groups excluding carboxylic acids is 1. The molecule has 0 spiro atoms. The third kappa shape index (κ3) is 2.50. The van der Waals surface area contributed by atoms with Gasteiger partial charge < -0.3 is 9.32 Å². The third-order valence-corrected chi connectivity index (χ3v) is 5.14. The first-order valence-electron chi connectivity index (χ1n) is 6.92. The number of nitrogens with zero attached hydrogens (tertiary/aromatic N) is 2. The van der Waals surface area contributed by atoms with Gasteiger partial charge in [-0.1, -0.05) is 0 Å². The minimum absolute atomic E-state index is 0.0000464. The maximum absolute atomic E-state index is 12.2. The number of thiazole rings is 1. The number of aromatic nitrogens is 1. The zero-order valence-electron chi connectivity index (χ0n) is 11.8. The smallest absolute Gasteiger partial charge is 0.289 e. The van der Waals surface area contributed by atoms with Gasteiger partial charge in [-0.05, 0) is 38.8 Å². The van der Waals surface area contributed by atoms with Gasteiger partial charge in [0.15, 0.2) is 5.76 Å². The molecule has 1 saturated heterocycles. The van der Waals surface area contributed by atoms with E-state index >= 15 is 0 Å². The third-order valence-electron chi connectivity index (χ3n) is 3.91. The molecule has 0 N–H and O–H groups in total. The minimum Gasteiger partial charge on any atom is -0.459 e. The summed E-state index contributed by atoms with van der Waals surface area (Å²) in [5.74, 6) is 0.928. The normalized spacial score (nSPS) is 16.6. The van der Waals surface area contributed by atoms with Crippen LogP contribution in [-0.2, 0) is 0 Å². The Morgan fingerprint density at radius 1 is 1.40 bits per heavy atom. The van der Waals surface area contributed by atoms with Crippen LogP contribution in [-0.4, -0.2) is 28.9 Å². The predicted octanol–water partition coefficient (Wildman–Crippen LogP) is 3.37. The maximum atomic E-state index is 12.2. The molecule has 106 valence electrons. The Morgan fingerprint density at radius 2 is 2.15 bits per heavy atom. The molecular formula is C15H18N2O2S. The molecule has 4 nitrogen and oxygen atoms in total. The topological polar surface area (TPSA) is 46.3 Å². The van der Waals surface area contributed by atoms with Crippen LogP contribution in [0.1, 0.15) is 44.9 Å². The predicted molar refractivity (Wildman–Crippen MR) is 78.2 cm³/mol. The number of piperidine rings is 1. The summed E-state index contributed by atoms with van der Waals surface area (Å²) in [6, 6.07) is 3.48. The van der Waals surface area contributed by atoms with E-state index in [1.807, 2.05) is 4.90 Å². The summed E-state index contributed by atoms with van der Waals surface area (Å²) in [5.41, 5.74) is 1.14. The lowest BCUT2D eigenvalue weighted by Crippen LogP contribution is -2.37. The second-order valence-electron chi connectivity index (χ2n) is 5.24. The minimum atomic E-state index is -0.0000464. The van der Waals surface area contributed by atoms with Crippen molar-refractivity contribution < 1.29 is 9.21 Å². The molecule has 0 saturated carbocycles. The number of hydrogen-bond acceptors (Lipinski definition) is 4. The average Bonchev–Trinajstić information content (AvgIpc) is 3.09. The molecule has 0 atom stereocenters. The molecule has 1 aliphatic rings. The molecule has 3 heterocycles. The van der Waals surface area contributed by atoms with Crippen molar-refractivity contribution in [2.75, 3.05) is 13.1 Å². The summed E-state index contributed by atoms with van der Waals surface area (Å²) in [5, 5.41) is 1.23. The summed E-state index contributed by atoms with van der Waals surface area (Å²) in [6.45, 7) is 5.74. The molecule has 3 rings (SSSR count). The van der Waals surface area contributed by atoms with E-state index in [2.05, 4.69) is 18.8 Å². The molecule has 0 aliphatic carbocycles. The summed E-state index contributed by atoms with van der Waals surface area (Å²) in [7, 11) is 0. The first-order valence-corrected chi connectivity index (χ1v) is 7.73. The Labute approximate surface area is 122 Å². The summed E-state index contributed by atoms with van der Waals surface area (Å²) in [6.07, 6.45) is 3.51. The highest BCUT2D eigenvalue weighted by molar-refractivity contribution is 7.11. The van der Waals surface area contributed by atoms with Gasteiger partial charge in [-0.15, -0.1) is 11.3 Å². The van der Waals surface area contributed by atoms with Gasteiger partial charge in [0.05, 0.1) is 17.0 Å². The number of rotatable bonds is 2. The lowest BCUT2D eigenvalue weighted by molar-refractivity contribution is 0.0680. The Hall–Kier alpha value is -1.62. The zero-order chi connectivity index (χ0) is 14.1. The van der Waals surface area contributed by atoms with E-state index in [0.717, 1.165) is 31.6 Å². The number of aryl methyl sites for hydroxylation is 2. The van der Waals surface area contributed by atoms with Crippen LogP contribution < -0.4 is 0 Å². The average molecular weight is 290 g/mol. The van der Waals surface area contributed by atoms with Crippen LogP contribution in [0, 0.1) is 13.8 Å². The fraction of sp³-hybridized carbons (Fsp3) is 0.467. The lowest BCUT2D eigenvalue weighted by Gasteiger charge is -2.30. The van der Waals surface area contributed by atoms with Crippen molar-refractivity contribution >= 4 is 17.2 Å². The van der Waals surface area contributed by atoms with Crippen molar-refractivity contribution in [1.82, 2.24) is 9.88 Å². The van der Waals surface area contributed by atoms with Crippen LogP contribution in [0.4, 0.5) is 0 Å². The zero-order valence-corrected chi connectivity index (χ0v) is 12.6. The van der Waals surface area contributed by atoms with Crippen molar-refractivity contribution in [3.05, 3.63) is 39.7 Å². The van der Waals surface area contributed by atoms with Gasteiger partial charge >= 0.3 is 0 Å². The molecule has 0 bridgehead atoms. The van der Waals surface area contributed by atoms with Crippen molar-refractivity contribution in [2.45, 2.75) is 32.6 Å². The van der Waals surface area contributed by atoms with E-state index < -0.39 is 0 Å². The number of furan rings is 1. The molecule has 2 aromatic rings. The summed E-state index contributed by atoms with van der Waals surface area (Å²) < 4.78 is 5.18. The molecule has 1 amide bonds. The summed E-state index contributed by atoms with van der Waals surface area (Å²) >= 11 is 1.80. The second kappa shape index (κ2) is 5.40. The van der Waals surface area contributed by atoms with Gasteiger partial charge in [0.1, 0.15) is 0 Å². The first-order chi connectivity index (χ1) is 9.65. The SMILES string of the molecule is Cc1nc(C2CCN(C(=O)c3ccco3)CC2)sc1C. The first kappa shape index (κ1) is 13.4. The number of carbonyl (C=O) groups is 1. The lowest BCUT2D eigenvalue weighted by atomic mass is 9.97. The second-order valence-corrected chi connectivity index (χ2v) is 6.47. The molecule has 0 radical (unpaired) electrons. The van der Waals surface area contributed by atoms with E-state index in [4.69, 9.17) is 4.42 Å². The van der Waals surface area contributed by atoms with Gasteiger partial charge in [0.2, 0.25) is 0 Å². The van der Waals surface area contributed by atoms with Crippen molar-refractivity contribution in [2.24, 2.45) is 0 Å². The van der Waals surface area contributed by atoms with Crippen molar-refractivity contribution in [1.29, 1.82) is 0 Å². The molecule has 2 aromatic heterocycles. The highest BCUT2D eigenvalue weighted by atomic mass is 32.1. The Kier molecular flexibility index (Phi) is 3.61. The molecule has 5 heteroatoms. The fourth-order valence-electron chi connectivity index (χ4n) is 2.56. The molecular weight excluding hydrogens is 272 g/mol. The van der Waals surface area contributed by atoms with E-state index in [1.54, 1.807) is 29.7 Å². The van der Waals surface area contributed by atoms with E-state index in [1.165, 1.54) is 9.88 Å². The fourth-order valence-corrected chi connectivity index (χ4v) is 3.65. The van der Waals surface area contributed by atoms with Crippen LogP contribution in [0.5, 0.6) is 0 Å². The Balaban J connectivity index is 1.63. The molecule has 1 aliphatic heterocycles. The number of likely N-dealkylation sites (tertiary alicyclic amines) is 1. The van der Waals surface area contributed by atoms with Gasteiger partial charge in [-0.25, -0.2) is 4.98 Å². The number of hydrogen-bond donors (Lipinski definition) is 0. The van der Waals surface area contributed by atoms with Crippen LogP contribution in [0.3, 0.4) is 0 Å². The van der Waals surface area contributed by atoms with E-state index in [-0.39, 0.29) is 5.91 Å². The van der Waals surface area contributed by atoms with Crippen LogP contribution in [0.25, 0.3) is 0 Å². The molecule has 0 aromatic carbocycles. The molecule has 20 heavy (non-hydrogen) atoms. The highest BCUT2D eigenvalue weighted by Gasteiger charge is 2.27. The number of amides is 1. The summed E-state index contributed by atoms with van der Waals surface area (Å²) in [4.78, 5) is 20.0. The van der Waals surface area contributed by atoms with Gasteiger partial charge in [-0.2, -0.15) is 0 Å². The molecule has 0 unspecified atom stereocenters. The maximum Gasteiger partial charge on any atom is 0.289 e. The van der Waals surface area contributed by atoms with Gasteiger partial charge in [0.25, 0.3) is 5.91 Å². The van der Waals surface area contributed by atoms with Crippen LogP contribution in [0.15, 0.2) is 22.8 Å². The van der Waals surface area contributed by atoms with Crippen molar-refractivity contribution in [3.63, 3.8) is 0 Å². The van der Waals surface area contributed by atoms with Crippen LogP contribution >= 0.6 is 11.3 Å². The monoisotopic (exact) mass is 290 g/mol. The quantitative estimate of drug-likeness (QED) is 0.852. The standard InChI is InChI=1S/C15H18N2O2S/c1-10-11(2)20-14(16-10)12-5-7-17(8-6-12)15(18)13-4-3-9-19-13/h3-4,9,12H,5-8H2,1-2H3. The Morgan fingerprint density at radius 3 is 2.70 bits per heavy atom. The van der Waals surface area contributed by atoms with Gasteiger partial charge in [-0.3, -0.25) is 4.79 Å². The Bertz CT molecular complexity index is 576. The van der Waals surface area contributed by atoms with Crippen molar-refractivity contribution in [3.8, 4) is 0 Å². The largest absolute Gasteiger partial charge is 0.459 e. The van der Waals surface area contributed by atoms with Gasteiger partial charge in [0, 0.05) is 23.9 Å². The highest BCUT2D eigenvalue weighted by Crippen LogP contribution is 2.32. The molecule has 1 fully saturated rings.